The van der Waals surface area contributed by atoms with Gasteiger partial charge in [-0.2, -0.15) is 0 Å². The minimum Gasteiger partial charge on any atom is -0.488 e. The lowest BCUT2D eigenvalue weighted by Gasteiger charge is -2.10. The summed E-state index contributed by atoms with van der Waals surface area (Å²) in [6, 6.07) is 17.6. The Bertz CT molecular complexity index is 787. The summed E-state index contributed by atoms with van der Waals surface area (Å²) in [6.07, 6.45) is 1.78. The smallest absolute Gasteiger partial charge is 0.276 e. The minimum absolute atomic E-state index is 0.111. The van der Waals surface area contributed by atoms with Crippen LogP contribution in [0.15, 0.2) is 60.3 Å². The Balaban J connectivity index is 1.81. The van der Waals surface area contributed by atoms with E-state index in [0.29, 0.717) is 24.0 Å². The Labute approximate surface area is 146 Å². The van der Waals surface area contributed by atoms with Gasteiger partial charge in [0.25, 0.3) is 5.91 Å². The van der Waals surface area contributed by atoms with Crippen LogP contribution in [0, 0.1) is 0 Å². The number of carbonyl (C=O) groups excluding carboxylic acids is 1. The quantitative estimate of drug-likeness (QED) is 0.671. The number of thiocarbonyl (C=S) groups is 1. The molecule has 0 unspecified atom stereocenters. The molecule has 1 aliphatic heterocycles. The van der Waals surface area contributed by atoms with E-state index in [9.17, 15) is 4.79 Å². The zero-order chi connectivity index (χ0) is 16.9. The van der Waals surface area contributed by atoms with E-state index in [-0.39, 0.29) is 5.91 Å². The Morgan fingerprint density at radius 1 is 1.12 bits per heavy atom. The van der Waals surface area contributed by atoms with Crippen LogP contribution in [0.25, 0.3) is 6.08 Å². The summed E-state index contributed by atoms with van der Waals surface area (Å²) in [5.74, 6) is 0.615. The van der Waals surface area contributed by atoms with Gasteiger partial charge in [-0.25, -0.2) is 0 Å². The van der Waals surface area contributed by atoms with Crippen molar-refractivity contribution in [3.05, 3.63) is 71.4 Å². The molecule has 1 fully saturated rings. The van der Waals surface area contributed by atoms with Crippen molar-refractivity contribution in [3.63, 3.8) is 0 Å². The highest BCUT2D eigenvalue weighted by molar-refractivity contribution is 7.80. The Morgan fingerprint density at radius 2 is 1.83 bits per heavy atom. The van der Waals surface area contributed by atoms with Gasteiger partial charge in [0.15, 0.2) is 5.11 Å². The summed E-state index contributed by atoms with van der Waals surface area (Å²) in [7, 11) is 0. The van der Waals surface area contributed by atoms with Crippen LogP contribution in [-0.2, 0) is 11.4 Å². The van der Waals surface area contributed by atoms with Crippen molar-refractivity contribution in [3.8, 4) is 5.75 Å². The third-order valence-corrected chi connectivity index (χ3v) is 4.06. The molecule has 1 amide bonds. The maximum absolute atomic E-state index is 12.3. The molecule has 24 heavy (non-hydrogen) atoms. The molecule has 0 radical (unpaired) electrons. The molecule has 0 saturated carbocycles. The van der Waals surface area contributed by atoms with Crippen LogP contribution in [0.5, 0.6) is 5.75 Å². The first-order valence-electron chi connectivity index (χ1n) is 7.79. The predicted molar refractivity (Wildman–Crippen MR) is 98.3 cm³/mol. The molecule has 0 atom stereocenters. The molecule has 122 valence electrons. The van der Waals surface area contributed by atoms with Crippen LogP contribution >= 0.6 is 12.2 Å². The highest BCUT2D eigenvalue weighted by Gasteiger charge is 2.29. The molecule has 0 aromatic heterocycles. The van der Waals surface area contributed by atoms with Gasteiger partial charge in [-0.1, -0.05) is 48.5 Å². The van der Waals surface area contributed by atoms with Crippen LogP contribution < -0.4 is 10.1 Å². The Morgan fingerprint density at radius 3 is 2.54 bits per heavy atom. The second-order valence-corrected chi connectivity index (χ2v) is 5.74. The zero-order valence-electron chi connectivity index (χ0n) is 13.4. The lowest BCUT2D eigenvalue weighted by Crippen LogP contribution is -2.30. The molecular formula is C19H18N2O2S. The summed E-state index contributed by atoms with van der Waals surface area (Å²) in [5, 5.41) is 3.41. The van der Waals surface area contributed by atoms with Crippen molar-refractivity contribution in [2.45, 2.75) is 13.5 Å². The lowest BCUT2D eigenvalue weighted by molar-refractivity contribution is -0.122. The van der Waals surface area contributed by atoms with Crippen molar-refractivity contribution in [1.29, 1.82) is 0 Å². The summed E-state index contributed by atoms with van der Waals surface area (Å²) in [5.41, 5.74) is 2.40. The molecule has 1 N–H and O–H groups in total. The van der Waals surface area contributed by atoms with Crippen molar-refractivity contribution in [2.24, 2.45) is 0 Å². The van der Waals surface area contributed by atoms with Crippen LogP contribution in [0.1, 0.15) is 18.1 Å². The molecular weight excluding hydrogens is 320 g/mol. The summed E-state index contributed by atoms with van der Waals surface area (Å²) < 4.78 is 5.92. The highest BCUT2D eigenvalue weighted by atomic mass is 32.1. The van der Waals surface area contributed by atoms with Gasteiger partial charge in [-0.3, -0.25) is 9.69 Å². The average molecular weight is 338 g/mol. The zero-order valence-corrected chi connectivity index (χ0v) is 14.2. The average Bonchev–Trinajstić information content (AvgIpc) is 2.88. The summed E-state index contributed by atoms with van der Waals surface area (Å²) in [4.78, 5) is 13.8. The van der Waals surface area contributed by atoms with E-state index in [1.807, 2.05) is 61.5 Å². The van der Waals surface area contributed by atoms with E-state index in [4.69, 9.17) is 17.0 Å². The standard InChI is InChI=1S/C19H18N2O2S/c1-2-21-18(22)16(20-19(21)24)12-15-10-6-7-11-17(15)23-13-14-8-4-3-5-9-14/h3-12H,2,13H2,1H3,(H,20,24)/b16-12+. The number of hydrogen-bond acceptors (Lipinski definition) is 3. The molecule has 4 nitrogen and oxygen atoms in total. The van der Waals surface area contributed by atoms with Crippen LogP contribution in [0.4, 0.5) is 0 Å². The van der Waals surface area contributed by atoms with E-state index in [2.05, 4.69) is 5.32 Å². The number of carbonyl (C=O) groups is 1. The second-order valence-electron chi connectivity index (χ2n) is 5.35. The molecule has 2 aromatic rings. The van der Waals surface area contributed by atoms with Crippen LogP contribution in [-0.4, -0.2) is 22.5 Å². The van der Waals surface area contributed by atoms with E-state index in [1.165, 1.54) is 4.90 Å². The summed E-state index contributed by atoms with van der Waals surface area (Å²) in [6.45, 7) is 2.92. The van der Waals surface area contributed by atoms with Gasteiger partial charge in [0.2, 0.25) is 0 Å². The Kier molecular flexibility index (Phi) is 4.91. The SMILES string of the molecule is CCN1C(=O)/C(=C\c2ccccc2OCc2ccccc2)NC1=S. The van der Waals surface area contributed by atoms with E-state index < -0.39 is 0 Å². The van der Waals surface area contributed by atoms with E-state index in [0.717, 1.165) is 16.9 Å². The van der Waals surface area contributed by atoms with Crippen molar-refractivity contribution < 1.29 is 9.53 Å². The molecule has 0 bridgehead atoms. The number of hydrogen-bond donors (Lipinski definition) is 1. The first-order chi connectivity index (χ1) is 11.7. The maximum atomic E-state index is 12.3. The second kappa shape index (κ2) is 7.27. The summed E-state index contributed by atoms with van der Waals surface area (Å²) >= 11 is 5.18. The molecule has 3 rings (SSSR count). The predicted octanol–water partition coefficient (Wildman–Crippen LogP) is 3.34. The number of nitrogens with zero attached hydrogens (tertiary/aromatic N) is 1. The number of amides is 1. The first kappa shape index (κ1) is 16.2. The van der Waals surface area contributed by atoms with E-state index in [1.54, 1.807) is 6.08 Å². The van der Waals surface area contributed by atoms with E-state index >= 15 is 0 Å². The molecule has 0 aliphatic carbocycles. The molecule has 2 aromatic carbocycles. The fourth-order valence-electron chi connectivity index (χ4n) is 2.48. The van der Waals surface area contributed by atoms with Crippen LogP contribution in [0.2, 0.25) is 0 Å². The Hall–Kier alpha value is -2.66. The number of ether oxygens (including phenoxy) is 1. The van der Waals surface area contributed by atoms with Gasteiger partial charge < -0.3 is 10.1 Å². The highest BCUT2D eigenvalue weighted by Crippen LogP contribution is 2.23. The van der Waals surface area contributed by atoms with Crippen molar-refractivity contribution >= 4 is 29.3 Å². The number of nitrogens with one attached hydrogen (secondary N) is 1. The normalized spacial score (nSPS) is 15.7. The molecule has 5 heteroatoms. The fraction of sp³-hybridized carbons (Fsp3) is 0.158. The van der Waals surface area contributed by atoms with Gasteiger partial charge in [0.1, 0.15) is 18.1 Å². The molecule has 1 aliphatic rings. The largest absolute Gasteiger partial charge is 0.488 e. The number of rotatable bonds is 5. The molecule has 1 heterocycles. The molecule has 1 saturated heterocycles. The number of likely N-dealkylation sites (N-methyl/N-ethyl adjacent to an activating group) is 1. The monoisotopic (exact) mass is 338 g/mol. The van der Waals surface area contributed by atoms with Gasteiger partial charge in [-0.05, 0) is 36.8 Å². The van der Waals surface area contributed by atoms with Crippen LogP contribution in [0.3, 0.4) is 0 Å². The van der Waals surface area contributed by atoms with Crippen molar-refractivity contribution in [2.75, 3.05) is 6.54 Å². The lowest BCUT2D eigenvalue weighted by atomic mass is 10.1. The van der Waals surface area contributed by atoms with Crippen molar-refractivity contribution in [1.82, 2.24) is 10.2 Å². The minimum atomic E-state index is -0.111. The number of benzene rings is 2. The van der Waals surface area contributed by atoms with Gasteiger partial charge >= 0.3 is 0 Å². The topological polar surface area (TPSA) is 41.6 Å². The fourth-order valence-corrected chi connectivity index (χ4v) is 2.80. The van der Waals surface area contributed by atoms with Gasteiger partial charge in [0, 0.05) is 12.1 Å². The third kappa shape index (κ3) is 3.46. The number of para-hydroxylation sites is 1. The van der Waals surface area contributed by atoms with Gasteiger partial charge in [0.05, 0.1) is 0 Å². The van der Waals surface area contributed by atoms with Gasteiger partial charge in [-0.15, -0.1) is 0 Å². The maximum Gasteiger partial charge on any atom is 0.276 e. The third-order valence-electron chi connectivity index (χ3n) is 3.73. The first-order valence-corrected chi connectivity index (χ1v) is 8.20. The molecule has 0 spiro atoms.